The summed E-state index contributed by atoms with van der Waals surface area (Å²) in [7, 11) is 6.41. The number of hydrogen-bond acceptors (Lipinski definition) is 3. The van der Waals surface area contributed by atoms with Crippen LogP contribution in [-0.4, -0.2) is 56.6 Å². The highest BCUT2D eigenvalue weighted by Crippen LogP contribution is 2.00. The van der Waals surface area contributed by atoms with E-state index in [-0.39, 0.29) is 0 Å². The van der Waals surface area contributed by atoms with Gasteiger partial charge < -0.3 is 15.5 Å². The average Bonchev–Trinajstić information content (AvgIpc) is 2.04. The quantitative estimate of drug-likeness (QED) is 0.634. The zero-order valence-electron chi connectivity index (χ0n) is 9.58. The van der Waals surface area contributed by atoms with Crippen molar-refractivity contribution >= 4 is 0 Å². The molecule has 1 atom stereocenters. The van der Waals surface area contributed by atoms with E-state index in [9.17, 15) is 0 Å². The van der Waals surface area contributed by atoms with Crippen molar-refractivity contribution in [1.29, 1.82) is 0 Å². The SMILES string of the molecule is CC(CCN)N(C)CCCN(C)C. The normalized spacial score (nSPS) is 14.1. The van der Waals surface area contributed by atoms with Crippen LogP contribution in [0.3, 0.4) is 0 Å². The lowest BCUT2D eigenvalue weighted by molar-refractivity contribution is 0.234. The minimum atomic E-state index is 0.618. The summed E-state index contributed by atoms with van der Waals surface area (Å²) in [6.45, 7) is 5.36. The Bertz CT molecular complexity index is 115. The van der Waals surface area contributed by atoms with E-state index in [1.165, 1.54) is 19.5 Å². The van der Waals surface area contributed by atoms with E-state index in [4.69, 9.17) is 5.73 Å². The molecule has 2 N–H and O–H groups in total. The predicted octanol–water partition coefficient (Wildman–Crippen LogP) is 0.607. The molecule has 0 heterocycles. The van der Waals surface area contributed by atoms with Gasteiger partial charge in [-0.2, -0.15) is 0 Å². The maximum absolute atomic E-state index is 5.51. The Morgan fingerprint density at radius 2 is 1.77 bits per heavy atom. The summed E-state index contributed by atoms with van der Waals surface area (Å²) in [5.41, 5.74) is 5.51. The van der Waals surface area contributed by atoms with Crippen LogP contribution in [0.1, 0.15) is 19.8 Å². The third-order valence-electron chi connectivity index (χ3n) is 2.45. The molecule has 0 aliphatic heterocycles. The zero-order valence-corrected chi connectivity index (χ0v) is 9.58. The highest BCUT2D eigenvalue weighted by Gasteiger charge is 2.06. The Kier molecular flexibility index (Phi) is 7.23. The molecule has 80 valence electrons. The van der Waals surface area contributed by atoms with Crippen LogP contribution in [0.15, 0.2) is 0 Å². The van der Waals surface area contributed by atoms with E-state index >= 15 is 0 Å². The molecule has 13 heavy (non-hydrogen) atoms. The summed E-state index contributed by atoms with van der Waals surface area (Å²) >= 11 is 0. The van der Waals surface area contributed by atoms with Crippen molar-refractivity contribution in [3.63, 3.8) is 0 Å². The van der Waals surface area contributed by atoms with Gasteiger partial charge in [-0.3, -0.25) is 0 Å². The first kappa shape index (κ1) is 12.9. The van der Waals surface area contributed by atoms with Crippen LogP contribution in [0.2, 0.25) is 0 Å². The Balaban J connectivity index is 3.43. The molecule has 3 nitrogen and oxygen atoms in total. The van der Waals surface area contributed by atoms with Crippen LogP contribution in [-0.2, 0) is 0 Å². The Labute approximate surface area is 82.9 Å². The largest absolute Gasteiger partial charge is 0.330 e. The van der Waals surface area contributed by atoms with Crippen molar-refractivity contribution in [2.45, 2.75) is 25.8 Å². The molecule has 0 aromatic heterocycles. The van der Waals surface area contributed by atoms with Gasteiger partial charge in [0.25, 0.3) is 0 Å². The van der Waals surface area contributed by atoms with Crippen LogP contribution in [0.25, 0.3) is 0 Å². The van der Waals surface area contributed by atoms with E-state index in [0.717, 1.165) is 13.0 Å². The second-order valence-corrected chi connectivity index (χ2v) is 4.06. The second-order valence-electron chi connectivity index (χ2n) is 4.06. The topological polar surface area (TPSA) is 32.5 Å². The molecule has 0 saturated heterocycles. The Morgan fingerprint density at radius 1 is 1.15 bits per heavy atom. The van der Waals surface area contributed by atoms with Crippen molar-refractivity contribution in [2.75, 3.05) is 40.8 Å². The first-order chi connectivity index (χ1) is 6.07. The van der Waals surface area contributed by atoms with Crippen molar-refractivity contribution in [1.82, 2.24) is 9.80 Å². The molecule has 0 bridgehead atoms. The third kappa shape index (κ3) is 6.99. The van der Waals surface area contributed by atoms with Gasteiger partial charge in [0.1, 0.15) is 0 Å². The molecule has 0 aliphatic carbocycles. The van der Waals surface area contributed by atoms with Crippen molar-refractivity contribution < 1.29 is 0 Å². The molecule has 0 amide bonds. The van der Waals surface area contributed by atoms with Gasteiger partial charge >= 0.3 is 0 Å². The van der Waals surface area contributed by atoms with Gasteiger partial charge in [0.05, 0.1) is 0 Å². The zero-order chi connectivity index (χ0) is 10.3. The molecule has 0 radical (unpaired) electrons. The summed E-state index contributed by atoms with van der Waals surface area (Å²) < 4.78 is 0. The van der Waals surface area contributed by atoms with E-state index in [1.54, 1.807) is 0 Å². The number of nitrogens with zero attached hydrogens (tertiary/aromatic N) is 2. The van der Waals surface area contributed by atoms with Gasteiger partial charge in [-0.1, -0.05) is 0 Å². The summed E-state index contributed by atoms with van der Waals surface area (Å²) in [6, 6.07) is 0.618. The fraction of sp³-hybridized carbons (Fsp3) is 1.00. The van der Waals surface area contributed by atoms with E-state index in [0.29, 0.717) is 6.04 Å². The Morgan fingerprint density at radius 3 is 2.23 bits per heavy atom. The summed E-state index contributed by atoms with van der Waals surface area (Å²) in [6.07, 6.45) is 2.33. The van der Waals surface area contributed by atoms with E-state index in [1.807, 2.05) is 0 Å². The number of nitrogens with two attached hydrogens (primary N) is 1. The highest BCUT2D eigenvalue weighted by molar-refractivity contribution is 4.63. The molecule has 0 rings (SSSR count). The monoisotopic (exact) mass is 187 g/mol. The van der Waals surface area contributed by atoms with Gasteiger partial charge in [-0.15, -0.1) is 0 Å². The lowest BCUT2D eigenvalue weighted by Gasteiger charge is -2.24. The molecular weight excluding hydrogens is 162 g/mol. The third-order valence-corrected chi connectivity index (χ3v) is 2.45. The molecule has 0 aromatic carbocycles. The van der Waals surface area contributed by atoms with Crippen molar-refractivity contribution in [3.8, 4) is 0 Å². The molecule has 0 aromatic rings. The maximum Gasteiger partial charge on any atom is 0.00758 e. The van der Waals surface area contributed by atoms with Crippen LogP contribution in [0.5, 0.6) is 0 Å². The van der Waals surface area contributed by atoms with Gasteiger partial charge in [-0.25, -0.2) is 0 Å². The molecule has 0 aliphatic rings. The van der Waals surface area contributed by atoms with Crippen LogP contribution in [0.4, 0.5) is 0 Å². The first-order valence-corrected chi connectivity index (χ1v) is 5.13. The molecule has 0 spiro atoms. The van der Waals surface area contributed by atoms with Crippen molar-refractivity contribution in [3.05, 3.63) is 0 Å². The standard InChI is InChI=1S/C10H25N3/c1-10(6-7-11)13(4)9-5-8-12(2)3/h10H,5-9,11H2,1-4H3. The van der Waals surface area contributed by atoms with Crippen LogP contribution in [0, 0.1) is 0 Å². The molecule has 3 heteroatoms. The molecule has 1 unspecified atom stereocenters. The van der Waals surface area contributed by atoms with Crippen molar-refractivity contribution in [2.24, 2.45) is 5.73 Å². The highest BCUT2D eigenvalue weighted by atomic mass is 15.1. The number of hydrogen-bond donors (Lipinski definition) is 1. The van der Waals surface area contributed by atoms with Crippen LogP contribution >= 0.6 is 0 Å². The smallest absolute Gasteiger partial charge is 0.00758 e. The van der Waals surface area contributed by atoms with E-state index in [2.05, 4.69) is 37.9 Å². The molecule has 0 fully saturated rings. The minimum Gasteiger partial charge on any atom is -0.330 e. The first-order valence-electron chi connectivity index (χ1n) is 5.13. The van der Waals surface area contributed by atoms with E-state index < -0.39 is 0 Å². The van der Waals surface area contributed by atoms with Gasteiger partial charge in [0, 0.05) is 6.04 Å². The van der Waals surface area contributed by atoms with Gasteiger partial charge in [0.2, 0.25) is 0 Å². The lowest BCUT2D eigenvalue weighted by atomic mass is 10.2. The predicted molar refractivity (Wildman–Crippen MR) is 58.9 cm³/mol. The number of rotatable bonds is 7. The maximum atomic E-state index is 5.51. The fourth-order valence-corrected chi connectivity index (χ4v) is 1.32. The van der Waals surface area contributed by atoms with Gasteiger partial charge in [-0.05, 0) is 60.5 Å². The van der Waals surface area contributed by atoms with Crippen LogP contribution < -0.4 is 5.73 Å². The molecular formula is C10H25N3. The lowest BCUT2D eigenvalue weighted by Crippen LogP contribution is -2.33. The second kappa shape index (κ2) is 7.30. The van der Waals surface area contributed by atoms with Gasteiger partial charge in [0.15, 0.2) is 0 Å². The minimum absolute atomic E-state index is 0.618. The average molecular weight is 187 g/mol. The summed E-state index contributed by atoms with van der Waals surface area (Å²) in [4.78, 5) is 4.61. The fourth-order valence-electron chi connectivity index (χ4n) is 1.32. The summed E-state index contributed by atoms with van der Waals surface area (Å²) in [5.74, 6) is 0. The molecule has 0 saturated carbocycles. The Hall–Kier alpha value is -0.120. The summed E-state index contributed by atoms with van der Waals surface area (Å²) in [5, 5.41) is 0.